The summed E-state index contributed by atoms with van der Waals surface area (Å²) in [6, 6.07) is 11.8. The molecule has 34 heavy (non-hydrogen) atoms. The number of thioether (sulfide) groups is 1. The molecule has 0 aliphatic carbocycles. The zero-order chi connectivity index (χ0) is 24.7. The molecule has 0 amide bonds. The fraction of sp³-hybridized carbons (Fsp3) is 0.320. The number of carbonyl (C=O) groups excluding carboxylic acids is 2. The number of carboxylic acids is 1. The normalized spacial score (nSPS) is 18.3. The van der Waals surface area contributed by atoms with Crippen LogP contribution in [0.3, 0.4) is 0 Å². The Bertz CT molecular complexity index is 1090. The van der Waals surface area contributed by atoms with E-state index in [-0.39, 0.29) is 28.9 Å². The number of ether oxygens (including phenoxy) is 2. The minimum absolute atomic E-state index is 0.0974. The maximum Gasteiger partial charge on any atom is 0.328 e. The number of Topliss-reactive ketones (excluding diaryl/α,β-unsaturated/α-hetero) is 1. The van der Waals surface area contributed by atoms with Gasteiger partial charge in [-0.15, -0.1) is 11.8 Å². The number of nitrogens with zero attached hydrogens (tertiary/aromatic N) is 1. The van der Waals surface area contributed by atoms with Gasteiger partial charge in [0.25, 0.3) is 0 Å². The molecule has 1 saturated heterocycles. The molecule has 7 nitrogen and oxygen atoms in total. The van der Waals surface area contributed by atoms with Crippen LogP contribution in [0.15, 0.2) is 60.2 Å². The predicted molar refractivity (Wildman–Crippen MR) is 127 cm³/mol. The van der Waals surface area contributed by atoms with Crippen LogP contribution in [-0.2, 0) is 14.3 Å². The number of methoxy groups -OCH3 is 2. The number of hydrogen-bond acceptors (Lipinski definition) is 7. The third kappa shape index (κ3) is 6.24. The number of halogens is 1. The first-order chi connectivity index (χ1) is 16.3. The van der Waals surface area contributed by atoms with Crippen molar-refractivity contribution in [3.63, 3.8) is 0 Å². The van der Waals surface area contributed by atoms with Crippen molar-refractivity contribution in [2.45, 2.75) is 17.7 Å². The number of likely N-dealkylation sites (tertiary alicyclic amines) is 1. The summed E-state index contributed by atoms with van der Waals surface area (Å²) in [6.45, 7) is 0.529. The van der Waals surface area contributed by atoms with Gasteiger partial charge in [0.1, 0.15) is 17.6 Å². The lowest BCUT2D eigenvalue weighted by Gasteiger charge is -2.37. The number of ketones is 1. The van der Waals surface area contributed by atoms with Crippen LogP contribution >= 0.6 is 11.8 Å². The standard InChI is InChI=1S/C25H26FNO6S/c1-32-18-7-5-6-16(12-18)21(28)15-34-22-10-11-27(14-17(22)13-23(29)30)24(25(31)33-2)19-8-3-4-9-20(19)26/h3-9,12-13,22,24H,10-11,14-15H2,1-2H3,(H,29,30)/b17-13-/t22-,24?/m1/s1. The van der Waals surface area contributed by atoms with Gasteiger partial charge >= 0.3 is 11.9 Å². The molecule has 2 aromatic carbocycles. The summed E-state index contributed by atoms with van der Waals surface area (Å²) in [7, 11) is 2.76. The second kappa shape index (κ2) is 11.8. The highest BCUT2D eigenvalue weighted by Gasteiger charge is 2.36. The van der Waals surface area contributed by atoms with Gasteiger partial charge in [0.05, 0.1) is 20.0 Å². The van der Waals surface area contributed by atoms with Crippen molar-refractivity contribution in [2.75, 3.05) is 33.1 Å². The third-order valence-corrected chi connectivity index (χ3v) is 6.95. The number of rotatable bonds is 9. The zero-order valence-corrected chi connectivity index (χ0v) is 19.7. The Labute approximate surface area is 201 Å². The molecule has 1 heterocycles. The largest absolute Gasteiger partial charge is 0.497 e. The molecule has 0 radical (unpaired) electrons. The number of carboxylic acid groups (broad SMARTS) is 1. The Morgan fingerprint density at radius 3 is 2.65 bits per heavy atom. The van der Waals surface area contributed by atoms with E-state index in [1.165, 1.54) is 44.2 Å². The van der Waals surface area contributed by atoms with E-state index >= 15 is 0 Å². The maximum absolute atomic E-state index is 14.5. The van der Waals surface area contributed by atoms with Crippen molar-refractivity contribution in [1.82, 2.24) is 4.90 Å². The fourth-order valence-electron chi connectivity index (χ4n) is 3.93. The van der Waals surface area contributed by atoms with E-state index in [0.29, 0.717) is 29.9 Å². The number of hydrogen-bond donors (Lipinski definition) is 1. The van der Waals surface area contributed by atoms with Crippen molar-refractivity contribution < 1.29 is 33.4 Å². The second-order valence-corrected chi connectivity index (χ2v) is 8.91. The topological polar surface area (TPSA) is 93.1 Å². The van der Waals surface area contributed by atoms with Gasteiger partial charge in [-0.3, -0.25) is 9.69 Å². The Balaban J connectivity index is 1.77. The van der Waals surface area contributed by atoms with Crippen LogP contribution in [0.2, 0.25) is 0 Å². The van der Waals surface area contributed by atoms with Gasteiger partial charge in [0.2, 0.25) is 0 Å². The van der Waals surface area contributed by atoms with Gasteiger partial charge in [0.15, 0.2) is 5.78 Å². The summed E-state index contributed by atoms with van der Waals surface area (Å²) >= 11 is 1.35. The Kier molecular flexibility index (Phi) is 8.84. The molecule has 0 saturated carbocycles. The number of benzene rings is 2. The Hall–Kier alpha value is -3.17. The molecule has 2 atom stereocenters. The minimum atomic E-state index is -1.12. The average molecular weight is 488 g/mol. The van der Waals surface area contributed by atoms with Gasteiger partial charge in [-0.25, -0.2) is 14.0 Å². The van der Waals surface area contributed by atoms with Gasteiger partial charge < -0.3 is 14.6 Å². The monoisotopic (exact) mass is 487 g/mol. The SMILES string of the molecule is COC(=O)C(c1ccccc1F)N1CC[C@@H](SCC(=O)c2cccc(OC)c2)/C(=C\C(=O)O)C1. The fourth-order valence-corrected chi connectivity index (χ4v) is 5.08. The van der Waals surface area contributed by atoms with Crippen molar-refractivity contribution >= 4 is 29.5 Å². The van der Waals surface area contributed by atoms with Gasteiger partial charge in [0, 0.05) is 35.5 Å². The minimum Gasteiger partial charge on any atom is -0.497 e. The van der Waals surface area contributed by atoms with E-state index in [4.69, 9.17) is 9.47 Å². The lowest BCUT2D eigenvalue weighted by atomic mass is 9.98. The highest BCUT2D eigenvalue weighted by atomic mass is 32.2. The van der Waals surface area contributed by atoms with E-state index in [1.807, 2.05) is 0 Å². The second-order valence-electron chi connectivity index (χ2n) is 7.72. The first-order valence-corrected chi connectivity index (χ1v) is 11.7. The molecule has 3 rings (SSSR count). The molecule has 2 aromatic rings. The molecular formula is C25H26FNO6S. The quantitative estimate of drug-likeness (QED) is 0.325. The lowest BCUT2D eigenvalue weighted by molar-refractivity contribution is -0.147. The molecule has 0 bridgehead atoms. The van der Waals surface area contributed by atoms with E-state index < -0.39 is 23.8 Å². The van der Waals surface area contributed by atoms with Crippen LogP contribution in [0.25, 0.3) is 0 Å². The third-order valence-electron chi connectivity index (χ3n) is 5.58. The van der Waals surface area contributed by atoms with Gasteiger partial charge in [-0.05, 0) is 30.2 Å². The van der Waals surface area contributed by atoms with Crippen LogP contribution in [0.5, 0.6) is 5.75 Å². The first-order valence-electron chi connectivity index (χ1n) is 10.6. The number of aliphatic carboxylic acids is 1. The van der Waals surface area contributed by atoms with E-state index in [9.17, 15) is 23.9 Å². The van der Waals surface area contributed by atoms with Crippen LogP contribution in [-0.4, -0.2) is 66.0 Å². The highest BCUT2D eigenvalue weighted by molar-refractivity contribution is 8.00. The summed E-state index contributed by atoms with van der Waals surface area (Å²) in [4.78, 5) is 38.5. The molecule has 1 aliphatic heterocycles. The number of esters is 1. The predicted octanol–water partition coefficient (Wildman–Crippen LogP) is 3.75. The molecule has 0 spiro atoms. The Morgan fingerprint density at radius 2 is 1.97 bits per heavy atom. The summed E-state index contributed by atoms with van der Waals surface area (Å²) < 4.78 is 24.6. The molecule has 1 N–H and O–H groups in total. The zero-order valence-electron chi connectivity index (χ0n) is 18.9. The van der Waals surface area contributed by atoms with E-state index in [1.54, 1.807) is 35.2 Å². The van der Waals surface area contributed by atoms with Crippen LogP contribution in [0.4, 0.5) is 4.39 Å². The van der Waals surface area contributed by atoms with Crippen LogP contribution in [0, 0.1) is 5.82 Å². The summed E-state index contributed by atoms with van der Waals surface area (Å²) in [5.74, 6) is -1.65. The van der Waals surface area contributed by atoms with Crippen LogP contribution in [0.1, 0.15) is 28.4 Å². The summed E-state index contributed by atoms with van der Waals surface area (Å²) in [5, 5.41) is 9.17. The van der Waals surface area contributed by atoms with Crippen molar-refractivity contribution in [2.24, 2.45) is 0 Å². The molecule has 1 fully saturated rings. The van der Waals surface area contributed by atoms with Crippen molar-refractivity contribution in [1.29, 1.82) is 0 Å². The average Bonchev–Trinajstić information content (AvgIpc) is 2.84. The molecular weight excluding hydrogens is 461 g/mol. The van der Waals surface area contributed by atoms with Crippen molar-refractivity contribution in [3.05, 3.63) is 77.1 Å². The molecule has 0 aromatic heterocycles. The molecule has 1 unspecified atom stereocenters. The molecule has 9 heteroatoms. The van der Waals surface area contributed by atoms with E-state index in [0.717, 1.165) is 6.08 Å². The lowest BCUT2D eigenvalue weighted by Crippen LogP contribution is -2.43. The van der Waals surface area contributed by atoms with Gasteiger partial charge in [-0.2, -0.15) is 0 Å². The number of carbonyl (C=O) groups is 3. The highest BCUT2D eigenvalue weighted by Crippen LogP contribution is 2.34. The van der Waals surface area contributed by atoms with E-state index in [2.05, 4.69) is 0 Å². The van der Waals surface area contributed by atoms with Gasteiger partial charge in [-0.1, -0.05) is 30.3 Å². The smallest absolute Gasteiger partial charge is 0.328 e. The van der Waals surface area contributed by atoms with Crippen molar-refractivity contribution in [3.8, 4) is 5.75 Å². The molecule has 1 aliphatic rings. The van der Waals surface area contributed by atoms with Crippen LogP contribution < -0.4 is 4.74 Å². The number of piperidine rings is 1. The summed E-state index contributed by atoms with van der Waals surface area (Å²) in [5.41, 5.74) is 1.23. The molecule has 180 valence electrons. The summed E-state index contributed by atoms with van der Waals surface area (Å²) in [6.07, 6.45) is 1.59. The Morgan fingerprint density at radius 1 is 1.21 bits per heavy atom. The maximum atomic E-state index is 14.5. The first kappa shape index (κ1) is 25.5.